The van der Waals surface area contributed by atoms with Crippen LogP contribution in [0.2, 0.25) is 0 Å². The molecule has 1 fully saturated rings. The van der Waals surface area contributed by atoms with Crippen LogP contribution in [-0.2, 0) is 11.3 Å². The average Bonchev–Trinajstić information content (AvgIpc) is 2.72. The molecular formula is C20H23N5O. The fourth-order valence-corrected chi connectivity index (χ4v) is 3.06. The van der Waals surface area contributed by atoms with E-state index in [4.69, 9.17) is 5.26 Å². The smallest absolute Gasteiger partial charge is 0.223 e. The van der Waals surface area contributed by atoms with Crippen LogP contribution in [0, 0.1) is 11.3 Å². The van der Waals surface area contributed by atoms with Crippen LogP contribution in [0.1, 0.15) is 17.5 Å². The summed E-state index contributed by atoms with van der Waals surface area (Å²) in [5.41, 5.74) is 1.71. The minimum absolute atomic E-state index is 0.184. The van der Waals surface area contributed by atoms with Crippen LogP contribution in [0.15, 0.2) is 48.7 Å². The van der Waals surface area contributed by atoms with E-state index in [1.165, 1.54) is 0 Å². The molecule has 2 heterocycles. The van der Waals surface area contributed by atoms with E-state index in [9.17, 15) is 4.79 Å². The Balaban J connectivity index is 1.37. The Labute approximate surface area is 154 Å². The van der Waals surface area contributed by atoms with Gasteiger partial charge in [0.25, 0.3) is 0 Å². The summed E-state index contributed by atoms with van der Waals surface area (Å²) in [6.45, 7) is 4.40. The summed E-state index contributed by atoms with van der Waals surface area (Å²) < 4.78 is 0. The molecule has 26 heavy (non-hydrogen) atoms. The van der Waals surface area contributed by atoms with Gasteiger partial charge >= 0.3 is 0 Å². The molecule has 1 aromatic carbocycles. The second-order valence-corrected chi connectivity index (χ2v) is 6.29. The third kappa shape index (κ3) is 4.80. The molecule has 0 atom stereocenters. The summed E-state index contributed by atoms with van der Waals surface area (Å²) in [6.07, 6.45) is 2.28. The van der Waals surface area contributed by atoms with Gasteiger partial charge in [-0.2, -0.15) is 5.26 Å². The van der Waals surface area contributed by atoms with Gasteiger partial charge in [-0.1, -0.05) is 18.2 Å². The van der Waals surface area contributed by atoms with E-state index >= 15 is 0 Å². The Morgan fingerprint density at radius 3 is 2.73 bits per heavy atom. The third-order valence-corrected chi connectivity index (χ3v) is 4.51. The number of carbonyl (C=O) groups excluding carboxylic acids is 1. The third-order valence-electron chi connectivity index (χ3n) is 4.51. The maximum Gasteiger partial charge on any atom is 0.223 e. The summed E-state index contributed by atoms with van der Waals surface area (Å²) in [5.74, 6) is 1.16. The first-order valence-electron chi connectivity index (χ1n) is 8.90. The predicted molar refractivity (Wildman–Crippen MR) is 101 cm³/mol. The number of anilines is 1. The molecule has 0 saturated carbocycles. The highest BCUT2D eigenvalue weighted by atomic mass is 16.2. The van der Waals surface area contributed by atoms with E-state index in [-0.39, 0.29) is 5.91 Å². The molecular weight excluding hydrogens is 326 g/mol. The number of nitrogens with one attached hydrogen (secondary N) is 1. The molecule has 134 valence electrons. The standard InChI is InChI=1S/C20H23N5O/c21-15-17-4-3-5-18(14-17)16-22-9-7-20(26)25-12-10-24(11-13-25)19-6-1-2-8-23-19/h1-6,8,14,22H,7,9-13,16H2. The first-order valence-corrected chi connectivity index (χ1v) is 8.90. The summed E-state index contributed by atoms with van der Waals surface area (Å²) >= 11 is 0. The number of carbonyl (C=O) groups is 1. The van der Waals surface area contributed by atoms with Gasteiger partial charge in [0.1, 0.15) is 5.82 Å². The van der Waals surface area contributed by atoms with E-state index in [0.29, 0.717) is 25.1 Å². The lowest BCUT2D eigenvalue weighted by molar-refractivity contribution is -0.131. The number of aromatic nitrogens is 1. The molecule has 3 rings (SSSR count). The maximum atomic E-state index is 12.4. The van der Waals surface area contributed by atoms with Gasteiger partial charge in [0.2, 0.25) is 5.91 Å². The highest BCUT2D eigenvalue weighted by molar-refractivity contribution is 5.76. The maximum absolute atomic E-state index is 12.4. The SMILES string of the molecule is N#Cc1cccc(CNCCC(=O)N2CCN(c3ccccn3)CC2)c1. The van der Waals surface area contributed by atoms with Crippen molar-refractivity contribution in [2.24, 2.45) is 0 Å². The lowest BCUT2D eigenvalue weighted by Gasteiger charge is -2.35. The zero-order valence-electron chi connectivity index (χ0n) is 14.8. The Kier molecular flexibility index (Phi) is 6.18. The van der Waals surface area contributed by atoms with E-state index in [0.717, 1.165) is 37.6 Å². The van der Waals surface area contributed by atoms with E-state index < -0.39 is 0 Å². The van der Waals surface area contributed by atoms with Gasteiger partial charge in [-0.3, -0.25) is 4.79 Å². The first-order chi connectivity index (χ1) is 12.8. The van der Waals surface area contributed by atoms with Crippen molar-refractivity contribution in [2.45, 2.75) is 13.0 Å². The van der Waals surface area contributed by atoms with Crippen LogP contribution in [0.25, 0.3) is 0 Å². The summed E-state index contributed by atoms with van der Waals surface area (Å²) in [7, 11) is 0. The molecule has 1 aliphatic heterocycles. The number of benzene rings is 1. The molecule has 0 aliphatic carbocycles. The summed E-state index contributed by atoms with van der Waals surface area (Å²) in [6, 6.07) is 15.5. The highest BCUT2D eigenvalue weighted by Gasteiger charge is 2.21. The van der Waals surface area contributed by atoms with Gasteiger partial charge in [-0.25, -0.2) is 4.98 Å². The number of piperazine rings is 1. The number of nitriles is 1. The van der Waals surface area contributed by atoms with Crippen molar-refractivity contribution in [1.82, 2.24) is 15.2 Å². The molecule has 1 saturated heterocycles. The molecule has 1 amide bonds. The molecule has 1 aliphatic rings. The average molecular weight is 349 g/mol. The van der Waals surface area contributed by atoms with E-state index in [2.05, 4.69) is 21.3 Å². The minimum atomic E-state index is 0.184. The normalized spacial score (nSPS) is 14.1. The molecule has 0 spiro atoms. The van der Waals surface area contributed by atoms with E-state index in [1.54, 1.807) is 12.3 Å². The molecule has 1 aromatic heterocycles. The number of rotatable bonds is 6. The Morgan fingerprint density at radius 1 is 1.15 bits per heavy atom. The van der Waals surface area contributed by atoms with Gasteiger partial charge in [-0.15, -0.1) is 0 Å². The first kappa shape index (κ1) is 17.9. The fourth-order valence-electron chi connectivity index (χ4n) is 3.06. The predicted octanol–water partition coefficient (Wildman–Crippen LogP) is 1.78. The highest BCUT2D eigenvalue weighted by Crippen LogP contribution is 2.13. The molecule has 0 radical (unpaired) electrons. The van der Waals surface area contributed by atoms with Crippen molar-refractivity contribution in [3.05, 3.63) is 59.8 Å². The molecule has 0 bridgehead atoms. The van der Waals surface area contributed by atoms with Crippen molar-refractivity contribution in [1.29, 1.82) is 5.26 Å². The number of pyridine rings is 1. The van der Waals surface area contributed by atoms with Gasteiger partial charge < -0.3 is 15.1 Å². The summed E-state index contributed by atoms with van der Waals surface area (Å²) in [5, 5.41) is 12.2. The van der Waals surface area contributed by atoms with Crippen LogP contribution < -0.4 is 10.2 Å². The van der Waals surface area contributed by atoms with Crippen LogP contribution in [0.3, 0.4) is 0 Å². The fraction of sp³-hybridized carbons (Fsp3) is 0.350. The largest absolute Gasteiger partial charge is 0.353 e. The van der Waals surface area contributed by atoms with Gasteiger partial charge in [-0.05, 0) is 29.8 Å². The van der Waals surface area contributed by atoms with Crippen LogP contribution in [-0.4, -0.2) is 48.5 Å². The molecule has 0 unspecified atom stereocenters. The Bertz CT molecular complexity index is 763. The molecule has 2 aromatic rings. The second kappa shape index (κ2) is 8.97. The van der Waals surface area contributed by atoms with Gasteiger partial charge in [0, 0.05) is 51.9 Å². The van der Waals surface area contributed by atoms with Crippen molar-refractivity contribution in [3.8, 4) is 6.07 Å². The van der Waals surface area contributed by atoms with Crippen molar-refractivity contribution >= 4 is 11.7 Å². The van der Waals surface area contributed by atoms with Gasteiger partial charge in [0.05, 0.1) is 11.6 Å². The zero-order chi connectivity index (χ0) is 18.2. The van der Waals surface area contributed by atoms with Crippen LogP contribution in [0.5, 0.6) is 0 Å². The van der Waals surface area contributed by atoms with Crippen molar-refractivity contribution in [2.75, 3.05) is 37.6 Å². The second-order valence-electron chi connectivity index (χ2n) is 6.29. The Hall–Kier alpha value is -2.91. The van der Waals surface area contributed by atoms with Crippen molar-refractivity contribution in [3.63, 3.8) is 0 Å². The lowest BCUT2D eigenvalue weighted by atomic mass is 10.1. The topological polar surface area (TPSA) is 72.3 Å². The van der Waals surface area contributed by atoms with Crippen molar-refractivity contribution < 1.29 is 4.79 Å². The molecule has 6 heteroatoms. The Morgan fingerprint density at radius 2 is 2.00 bits per heavy atom. The number of hydrogen-bond acceptors (Lipinski definition) is 5. The quantitative estimate of drug-likeness (QED) is 0.805. The van der Waals surface area contributed by atoms with Crippen LogP contribution in [0.4, 0.5) is 5.82 Å². The van der Waals surface area contributed by atoms with E-state index in [1.807, 2.05) is 41.3 Å². The zero-order valence-corrected chi connectivity index (χ0v) is 14.8. The molecule has 6 nitrogen and oxygen atoms in total. The van der Waals surface area contributed by atoms with Gasteiger partial charge in [0.15, 0.2) is 0 Å². The number of amides is 1. The monoisotopic (exact) mass is 349 g/mol. The number of hydrogen-bond donors (Lipinski definition) is 1. The minimum Gasteiger partial charge on any atom is -0.353 e. The lowest BCUT2D eigenvalue weighted by Crippen LogP contribution is -2.49. The van der Waals surface area contributed by atoms with Crippen LogP contribution >= 0.6 is 0 Å². The number of nitrogens with zero attached hydrogens (tertiary/aromatic N) is 4. The summed E-state index contributed by atoms with van der Waals surface area (Å²) in [4.78, 5) is 20.9. The molecule has 1 N–H and O–H groups in total.